The van der Waals surface area contributed by atoms with Crippen LogP contribution in [0.5, 0.6) is 0 Å². The average molecular weight is 324 g/mol. The van der Waals surface area contributed by atoms with Gasteiger partial charge in [-0.05, 0) is 32.3 Å². The number of hydrogen-bond acceptors (Lipinski definition) is 3. The molecule has 2 heterocycles. The first-order valence-corrected chi connectivity index (χ1v) is 6.26. The van der Waals surface area contributed by atoms with Crippen LogP contribution in [0.25, 0.3) is 0 Å². The number of aromatic nitrogens is 1. The number of piperidine rings is 1. The highest BCUT2D eigenvalue weighted by molar-refractivity contribution is 5.94. The van der Waals surface area contributed by atoms with Crippen molar-refractivity contribution >= 4 is 30.7 Å². The number of rotatable bonds is 2. The number of nitrogens with two attached hydrogens (primary N) is 1. The maximum absolute atomic E-state index is 13.1. The van der Waals surface area contributed by atoms with Crippen molar-refractivity contribution in [2.45, 2.75) is 38.3 Å². The zero-order valence-corrected chi connectivity index (χ0v) is 12.9. The van der Waals surface area contributed by atoms with Crippen molar-refractivity contribution in [3.8, 4) is 0 Å². The topological polar surface area (TPSA) is 59.2 Å². The molecule has 0 saturated carbocycles. The second-order valence-electron chi connectivity index (χ2n) is 4.81. The summed E-state index contributed by atoms with van der Waals surface area (Å²) in [7, 11) is 0. The summed E-state index contributed by atoms with van der Waals surface area (Å²) in [6, 6.07) is 1.19. The summed E-state index contributed by atoms with van der Waals surface area (Å²) in [6.45, 7) is 2.58. The van der Waals surface area contributed by atoms with Crippen LogP contribution >= 0.6 is 24.8 Å². The minimum atomic E-state index is -0.491. The second-order valence-corrected chi connectivity index (χ2v) is 4.81. The van der Waals surface area contributed by atoms with Crippen molar-refractivity contribution in [3.05, 3.63) is 29.8 Å². The summed E-state index contributed by atoms with van der Waals surface area (Å²) in [5.74, 6) is -0.667. The van der Waals surface area contributed by atoms with E-state index in [0.29, 0.717) is 12.1 Å². The van der Waals surface area contributed by atoms with Gasteiger partial charge in [-0.15, -0.1) is 24.8 Å². The van der Waals surface area contributed by atoms with Crippen LogP contribution in [0.4, 0.5) is 4.39 Å². The van der Waals surface area contributed by atoms with Gasteiger partial charge in [-0.2, -0.15) is 0 Å². The van der Waals surface area contributed by atoms with Gasteiger partial charge in [-0.1, -0.05) is 0 Å². The van der Waals surface area contributed by atoms with Gasteiger partial charge in [0.15, 0.2) is 0 Å². The average Bonchev–Trinajstić information content (AvgIpc) is 2.38. The van der Waals surface area contributed by atoms with Crippen molar-refractivity contribution < 1.29 is 9.18 Å². The maximum atomic E-state index is 13.1. The van der Waals surface area contributed by atoms with Crippen LogP contribution in [-0.2, 0) is 0 Å². The number of halogens is 3. The summed E-state index contributed by atoms with van der Waals surface area (Å²) in [4.78, 5) is 17.8. The molecule has 1 amide bonds. The highest BCUT2D eigenvalue weighted by atomic mass is 35.5. The van der Waals surface area contributed by atoms with Crippen LogP contribution in [0.2, 0.25) is 0 Å². The first kappa shape index (κ1) is 19.1. The number of amides is 1. The SMILES string of the molecule is CC(N)C1CCCCN1C(=O)c1cncc(F)c1.Cl.Cl. The van der Waals surface area contributed by atoms with Gasteiger partial charge in [0.25, 0.3) is 5.91 Å². The zero-order chi connectivity index (χ0) is 13.1. The Morgan fingerprint density at radius 2 is 2.15 bits per heavy atom. The Labute approximate surface area is 130 Å². The van der Waals surface area contributed by atoms with Crippen molar-refractivity contribution in [3.63, 3.8) is 0 Å². The Morgan fingerprint density at radius 3 is 2.75 bits per heavy atom. The largest absolute Gasteiger partial charge is 0.334 e. The Kier molecular flexibility index (Phi) is 8.01. The smallest absolute Gasteiger partial charge is 0.255 e. The predicted octanol–water partition coefficient (Wildman–Crippen LogP) is 2.41. The molecule has 1 aliphatic heterocycles. The van der Waals surface area contributed by atoms with E-state index in [1.807, 2.05) is 6.92 Å². The van der Waals surface area contributed by atoms with Crippen LogP contribution in [0, 0.1) is 5.82 Å². The van der Waals surface area contributed by atoms with Gasteiger partial charge in [-0.25, -0.2) is 4.39 Å². The number of carbonyl (C=O) groups excluding carboxylic acids is 1. The van der Waals surface area contributed by atoms with E-state index in [2.05, 4.69) is 4.98 Å². The first-order valence-electron chi connectivity index (χ1n) is 6.26. The lowest BCUT2D eigenvalue weighted by molar-refractivity contribution is 0.0583. The van der Waals surface area contributed by atoms with Crippen LogP contribution < -0.4 is 5.73 Å². The number of hydrogen-bond donors (Lipinski definition) is 1. The molecule has 1 aromatic rings. The minimum absolute atomic E-state index is 0. The van der Waals surface area contributed by atoms with Crippen molar-refractivity contribution in [2.75, 3.05) is 6.54 Å². The predicted molar refractivity (Wildman–Crippen MR) is 81.0 cm³/mol. The van der Waals surface area contributed by atoms with Crippen molar-refractivity contribution in [1.29, 1.82) is 0 Å². The van der Waals surface area contributed by atoms with E-state index in [4.69, 9.17) is 5.73 Å². The summed E-state index contributed by atoms with van der Waals surface area (Å²) < 4.78 is 13.1. The molecule has 20 heavy (non-hydrogen) atoms. The van der Waals surface area contributed by atoms with Crippen molar-refractivity contribution in [2.24, 2.45) is 5.73 Å². The Balaban J connectivity index is 0.00000180. The second kappa shape index (κ2) is 8.39. The number of nitrogens with zero attached hydrogens (tertiary/aromatic N) is 2. The molecule has 1 aromatic heterocycles. The van der Waals surface area contributed by atoms with E-state index in [1.165, 1.54) is 12.3 Å². The van der Waals surface area contributed by atoms with Gasteiger partial charge in [0, 0.05) is 24.8 Å². The molecular formula is C13H20Cl2FN3O. The monoisotopic (exact) mass is 323 g/mol. The molecule has 2 rings (SSSR count). The normalized spacial score (nSPS) is 19.6. The van der Waals surface area contributed by atoms with Crippen LogP contribution in [0.15, 0.2) is 18.5 Å². The summed E-state index contributed by atoms with van der Waals surface area (Å²) in [5, 5.41) is 0. The molecule has 0 bridgehead atoms. The molecule has 1 aliphatic rings. The molecule has 4 nitrogen and oxygen atoms in total. The third-order valence-electron chi connectivity index (χ3n) is 3.37. The molecule has 114 valence electrons. The van der Waals surface area contributed by atoms with E-state index in [-0.39, 0.29) is 42.8 Å². The van der Waals surface area contributed by atoms with E-state index in [9.17, 15) is 9.18 Å². The van der Waals surface area contributed by atoms with E-state index < -0.39 is 5.82 Å². The standard InChI is InChI=1S/C13H18FN3O.2ClH/c1-9(15)12-4-2-3-5-17(12)13(18)10-6-11(14)8-16-7-10;;/h6-9,12H,2-5,15H2,1H3;2*1H. The number of pyridine rings is 1. The lowest BCUT2D eigenvalue weighted by Crippen LogP contribution is -2.51. The van der Waals surface area contributed by atoms with Gasteiger partial charge >= 0.3 is 0 Å². The van der Waals surface area contributed by atoms with Gasteiger partial charge in [0.1, 0.15) is 5.82 Å². The van der Waals surface area contributed by atoms with Crippen molar-refractivity contribution in [1.82, 2.24) is 9.88 Å². The molecule has 1 saturated heterocycles. The lowest BCUT2D eigenvalue weighted by Gasteiger charge is -2.38. The van der Waals surface area contributed by atoms with Crippen LogP contribution in [-0.4, -0.2) is 34.4 Å². The lowest BCUT2D eigenvalue weighted by atomic mass is 9.96. The summed E-state index contributed by atoms with van der Waals surface area (Å²) in [6.07, 6.45) is 5.45. The molecule has 2 unspecified atom stereocenters. The Bertz CT molecular complexity index is 445. The highest BCUT2D eigenvalue weighted by Gasteiger charge is 2.29. The van der Waals surface area contributed by atoms with Gasteiger partial charge in [0.05, 0.1) is 11.8 Å². The molecule has 0 aliphatic carbocycles. The summed E-state index contributed by atoms with van der Waals surface area (Å²) >= 11 is 0. The Hall–Kier alpha value is -0.910. The van der Waals surface area contributed by atoms with E-state index >= 15 is 0 Å². The maximum Gasteiger partial charge on any atom is 0.255 e. The number of carbonyl (C=O) groups is 1. The molecule has 7 heteroatoms. The van der Waals surface area contributed by atoms with Gasteiger partial charge in [0.2, 0.25) is 0 Å². The fourth-order valence-corrected chi connectivity index (χ4v) is 2.45. The summed E-state index contributed by atoms with van der Waals surface area (Å²) in [5.41, 5.74) is 6.21. The highest BCUT2D eigenvalue weighted by Crippen LogP contribution is 2.21. The molecular weight excluding hydrogens is 304 g/mol. The Morgan fingerprint density at radius 1 is 1.45 bits per heavy atom. The molecule has 0 spiro atoms. The fraction of sp³-hybridized carbons (Fsp3) is 0.538. The van der Waals surface area contributed by atoms with Crippen LogP contribution in [0.3, 0.4) is 0 Å². The van der Waals surface area contributed by atoms with Crippen LogP contribution in [0.1, 0.15) is 36.5 Å². The minimum Gasteiger partial charge on any atom is -0.334 e. The fourth-order valence-electron chi connectivity index (χ4n) is 2.45. The first-order chi connectivity index (χ1) is 8.59. The molecule has 2 atom stereocenters. The molecule has 0 aromatic carbocycles. The van der Waals surface area contributed by atoms with E-state index in [0.717, 1.165) is 25.5 Å². The number of likely N-dealkylation sites (tertiary alicyclic amines) is 1. The van der Waals surface area contributed by atoms with Gasteiger partial charge < -0.3 is 10.6 Å². The zero-order valence-electron chi connectivity index (χ0n) is 11.3. The molecule has 2 N–H and O–H groups in total. The molecule has 1 fully saturated rings. The molecule has 0 radical (unpaired) electrons. The third kappa shape index (κ3) is 4.30. The quantitative estimate of drug-likeness (QED) is 0.909. The van der Waals surface area contributed by atoms with Gasteiger partial charge in [-0.3, -0.25) is 9.78 Å². The van der Waals surface area contributed by atoms with E-state index in [1.54, 1.807) is 4.90 Å². The third-order valence-corrected chi connectivity index (χ3v) is 3.37.